The van der Waals surface area contributed by atoms with Crippen molar-refractivity contribution in [3.05, 3.63) is 35.9 Å². The number of hydrogen-bond acceptors (Lipinski definition) is 2. The van der Waals surface area contributed by atoms with E-state index in [0.717, 1.165) is 19.5 Å². The molecule has 0 saturated heterocycles. The van der Waals surface area contributed by atoms with Crippen molar-refractivity contribution in [2.24, 2.45) is 5.73 Å². The van der Waals surface area contributed by atoms with Gasteiger partial charge in [0.2, 0.25) is 0 Å². The van der Waals surface area contributed by atoms with Crippen LogP contribution < -0.4 is 5.73 Å². The Bertz CT molecular complexity index is 297. The van der Waals surface area contributed by atoms with Gasteiger partial charge >= 0.3 is 0 Å². The quantitative estimate of drug-likeness (QED) is 0.786. The second kappa shape index (κ2) is 7.46. The molecule has 2 nitrogen and oxygen atoms in total. The standard InChI is InChI=1S/C15H26N2/c1-4-13(3)17(5-2)12-15(16)11-14-9-7-6-8-10-14/h6-10,13,15H,4-5,11-12,16H2,1-3H3. The monoisotopic (exact) mass is 234 g/mol. The zero-order valence-electron chi connectivity index (χ0n) is 11.4. The molecule has 0 aliphatic rings. The first-order valence-corrected chi connectivity index (χ1v) is 6.70. The smallest absolute Gasteiger partial charge is 0.0208 e. The summed E-state index contributed by atoms with van der Waals surface area (Å²) in [4.78, 5) is 2.47. The molecule has 0 bridgehead atoms. The molecule has 1 aromatic rings. The Morgan fingerprint density at radius 1 is 1.18 bits per heavy atom. The number of likely N-dealkylation sites (N-methyl/N-ethyl adjacent to an activating group) is 1. The molecule has 1 aromatic carbocycles. The van der Waals surface area contributed by atoms with Gasteiger partial charge in [0.05, 0.1) is 0 Å². The van der Waals surface area contributed by atoms with Gasteiger partial charge in [-0.2, -0.15) is 0 Å². The molecule has 0 aromatic heterocycles. The summed E-state index contributed by atoms with van der Waals surface area (Å²) in [6.07, 6.45) is 2.15. The van der Waals surface area contributed by atoms with Crippen molar-refractivity contribution in [2.45, 2.75) is 45.7 Å². The third-order valence-corrected chi connectivity index (χ3v) is 3.43. The maximum Gasteiger partial charge on any atom is 0.0208 e. The van der Waals surface area contributed by atoms with E-state index in [9.17, 15) is 0 Å². The number of benzene rings is 1. The molecule has 17 heavy (non-hydrogen) atoms. The summed E-state index contributed by atoms with van der Waals surface area (Å²) in [6.45, 7) is 8.79. The first kappa shape index (κ1) is 14.2. The predicted molar refractivity (Wildman–Crippen MR) is 75.1 cm³/mol. The fourth-order valence-corrected chi connectivity index (χ4v) is 2.16. The van der Waals surface area contributed by atoms with Crippen LogP contribution in [0.1, 0.15) is 32.8 Å². The molecular formula is C15H26N2. The lowest BCUT2D eigenvalue weighted by atomic mass is 10.1. The van der Waals surface area contributed by atoms with Gasteiger partial charge in [-0.3, -0.25) is 4.90 Å². The highest BCUT2D eigenvalue weighted by atomic mass is 15.2. The minimum Gasteiger partial charge on any atom is -0.326 e. The van der Waals surface area contributed by atoms with Crippen LogP contribution in [0.15, 0.2) is 30.3 Å². The van der Waals surface area contributed by atoms with Crippen LogP contribution in [-0.2, 0) is 6.42 Å². The lowest BCUT2D eigenvalue weighted by Crippen LogP contribution is -2.43. The molecule has 0 radical (unpaired) electrons. The van der Waals surface area contributed by atoms with E-state index in [1.165, 1.54) is 12.0 Å². The van der Waals surface area contributed by atoms with E-state index in [0.29, 0.717) is 6.04 Å². The number of nitrogens with two attached hydrogens (primary N) is 1. The van der Waals surface area contributed by atoms with Crippen LogP contribution >= 0.6 is 0 Å². The predicted octanol–water partition coefficient (Wildman–Crippen LogP) is 2.68. The van der Waals surface area contributed by atoms with E-state index in [1.807, 2.05) is 6.07 Å². The van der Waals surface area contributed by atoms with Gasteiger partial charge in [-0.05, 0) is 31.9 Å². The summed E-state index contributed by atoms with van der Waals surface area (Å²) < 4.78 is 0. The topological polar surface area (TPSA) is 29.3 Å². The molecule has 0 amide bonds. The first-order chi connectivity index (χ1) is 8.17. The fraction of sp³-hybridized carbons (Fsp3) is 0.600. The summed E-state index contributed by atoms with van der Waals surface area (Å²) in [5, 5.41) is 0. The summed E-state index contributed by atoms with van der Waals surface area (Å²) in [6, 6.07) is 11.4. The molecule has 2 N–H and O–H groups in total. The molecule has 0 spiro atoms. The van der Waals surface area contributed by atoms with Crippen LogP contribution in [0.5, 0.6) is 0 Å². The average Bonchev–Trinajstić information content (AvgIpc) is 2.36. The number of hydrogen-bond donors (Lipinski definition) is 1. The second-order valence-corrected chi connectivity index (χ2v) is 4.79. The van der Waals surface area contributed by atoms with Crippen molar-refractivity contribution in [3.63, 3.8) is 0 Å². The van der Waals surface area contributed by atoms with E-state index < -0.39 is 0 Å². The highest BCUT2D eigenvalue weighted by molar-refractivity contribution is 5.15. The number of nitrogens with zero attached hydrogens (tertiary/aromatic N) is 1. The molecule has 0 aliphatic heterocycles. The van der Waals surface area contributed by atoms with E-state index in [-0.39, 0.29) is 6.04 Å². The van der Waals surface area contributed by atoms with Crippen LogP contribution in [0.4, 0.5) is 0 Å². The third kappa shape index (κ3) is 4.88. The van der Waals surface area contributed by atoms with Crippen molar-refractivity contribution in [2.75, 3.05) is 13.1 Å². The van der Waals surface area contributed by atoms with Gasteiger partial charge in [0.25, 0.3) is 0 Å². The molecule has 0 aliphatic carbocycles. The Morgan fingerprint density at radius 3 is 2.35 bits per heavy atom. The average molecular weight is 234 g/mol. The largest absolute Gasteiger partial charge is 0.326 e. The Morgan fingerprint density at radius 2 is 1.82 bits per heavy atom. The first-order valence-electron chi connectivity index (χ1n) is 6.70. The van der Waals surface area contributed by atoms with Crippen molar-refractivity contribution >= 4 is 0 Å². The Hall–Kier alpha value is -0.860. The van der Waals surface area contributed by atoms with Crippen molar-refractivity contribution in [1.82, 2.24) is 4.90 Å². The zero-order chi connectivity index (χ0) is 12.7. The molecule has 0 saturated carbocycles. The van der Waals surface area contributed by atoms with E-state index in [2.05, 4.69) is 49.9 Å². The Labute approximate surface area is 106 Å². The van der Waals surface area contributed by atoms with Crippen molar-refractivity contribution in [3.8, 4) is 0 Å². The number of rotatable bonds is 7. The maximum atomic E-state index is 6.23. The minimum atomic E-state index is 0.228. The van der Waals surface area contributed by atoms with Crippen molar-refractivity contribution < 1.29 is 0 Å². The summed E-state index contributed by atoms with van der Waals surface area (Å²) in [5.74, 6) is 0. The van der Waals surface area contributed by atoms with Gasteiger partial charge in [-0.15, -0.1) is 0 Å². The van der Waals surface area contributed by atoms with Crippen LogP contribution in [0.25, 0.3) is 0 Å². The lowest BCUT2D eigenvalue weighted by Gasteiger charge is -2.29. The van der Waals surface area contributed by atoms with Crippen LogP contribution in [0, 0.1) is 0 Å². The van der Waals surface area contributed by atoms with E-state index in [1.54, 1.807) is 0 Å². The molecular weight excluding hydrogens is 208 g/mol. The second-order valence-electron chi connectivity index (χ2n) is 4.79. The Kier molecular flexibility index (Phi) is 6.23. The van der Waals surface area contributed by atoms with E-state index >= 15 is 0 Å². The summed E-state index contributed by atoms with van der Waals surface area (Å²) in [7, 11) is 0. The lowest BCUT2D eigenvalue weighted by molar-refractivity contribution is 0.201. The Balaban J connectivity index is 2.45. The minimum absolute atomic E-state index is 0.228. The molecule has 2 atom stereocenters. The van der Waals surface area contributed by atoms with Crippen molar-refractivity contribution in [1.29, 1.82) is 0 Å². The van der Waals surface area contributed by atoms with Gasteiger partial charge in [-0.1, -0.05) is 44.2 Å². The zero-order valence-corrected chi connectivity index (χ0v) is 11.4. The highest BCUT2D eigenvalue weighted by Gasteiger charge is 2.14. The molecule has 0 fully saturated rings. The summed E-state index contributed by atoms with van der Waals surface area (Å²) in [5.41, 5.74) is 7.57. The molecule has 1 rings (SSSR count). The molecule has 96 valence electrons. The highest BCUT2D eigenvalue weighted by Crippen LogP contribution is 2.07. The van der Waals surface area contributed by atoms with Gasteiger partial charge in [-0.25, -0.2) is 0 Å². The molecule has 2 heteroatoms. The molecule has 0 heterocycles. The summed E-state index contributed by atoms with van der Waals surface area (Å²) >= 11 is 0. The fourth-order valence-electron chi connectivity index (χ4n) is 2.16. The normalized spacial score (nSPS) is 14.9. The van der Waals surface area contributed by atoms with Crippen LogP contribution in [-0.4, -0.2) is 30.1 Å². The van der Waals surface area contributed by atoms with Gasteiger partial charge < -0.3 is 5.73 Å². The van der Waals surface area contributed by atoms with E-state index in [4.69, 9.17) is 5.73 Å². The van der Waals surface area contributed by atoms with Gasteiger partial charge in [0.15, 0.2) is 0 Å². The molecule has 2 unspecified atom stereocenters. The van der Waals surface area contributed by atoms with Crippen LogP contribution in [0.2, 0.25) is 0 Å². The van der Waals surface area contributed by atoms with Crippen LogP contribution in [0.3, 0.4) is 0 Å². The van der Waals surface area contributed by atoms with Gasteiger partial charge in [0, 0.05) is 18.6 Å². The maximum absolute atomic E-state index is 6.23. The SMILES string of the molecule is CCC(C)N(CC)CC(N)Cc1ccccc1. The van der Waals surface area contributed by atoms with Gasteiger partial charge in [0.1, 0.15) is 0 Å². The third-order valence-electron chi connectivity index (χ3n) is 3.43.